The zero-order chi connectivity index (χ0) is 21.3. The van der Waals surface area contributed by atoms with Crippen LogP contribution in [0.2, 0.25) is 0 Å². The maximum atomic E-state index is 9.66. The molecule has 166 valence electrons. The van der Waals surface area contributed by atoms with Gasteiger partial charge in [-0.25, -0.2) is 9.97 Å². The summed E-state index contributed by atoms with van der Waals surface area (Å²) in [5.41, 5.74) is 3.86. The minimum atomic E-state index is 0.155. The average Bonchev–Trinajstić information content (AvgIpc) is 3.44. The number of anilines is 1. The minimum absolute atomic E-state index is 0.155. The van der Waals surface area contributed by atoms with E-state index in [1.165, 1.54) is 11.3 Å². The Kier molecular flexibility index (Phi) is 5.95. The van der Waals surface area contributed by atoms with Crippen LogP contribution in [0.5, 0.6) is 0 Å². The molecule has 1 aliphatic carbocycles. The third-order valence-electron chi connectivity index (χ3n) is 7.66. The summed E-state index contributed by atoms with van der Waals surface area (Å²) in [6.45, 7) is 5.52. The van der Waals surface area contributed by atoms with Crippen LogP contribution in [-0.4, -0.2) is 71.0 Å². The maximum Gasteiger partial charge on any atom is 0.161 e. The second-order valence-corrected chi connectivity index (χ2v) is 9.55. The van der Waals surface area contributed by atoms with Crippen LogP contribution < -0.4 is 4.90 Å². The molecule has 1 unspecified atom stereocenters. The highest BCUT2D eigenvalue weighted by Crippen LogP contribution is 2.48. The number of hydrogen-bond acceptors (Lipinski definition) is 6. The number of benzene rings is 1. The first-order valence-corrected chi connectivity index (χ1v) is 11.9. The van der Waals surface area contributed by atoms with Crippen LogP contribution in [-0.2, 0) is 11.8 Å². The zero-order valence-corrected chi connectivity index (χ0v) is 18.3. The largest absolute Gasteiger partial charge is 0.396 e. The van der Waals surface area contributed by atoms with Gasteiger partial charge in [-0.15, -0.1) is 0 Å². The summed E-state index contributed by atoms with van der Waals surface area (Å²) < 4.78 is 0. The summed E-state index contributed by atoms with van der Waals surface area (Å²) >= 11 is 0. The van der Waals surface area contributed by atoms with Crippen molar-refractivity contribution in [1.82, 2.24) is 14.9 Å². The van der Waals surface area contributed by atoms with Crippen LogP contribution in [0.3, 0.4) is 0 Å². The Morgan fingerprint density at radius 2 is 1.81 bits per heavy atom. The molecule has 2 aliphatic heterocycles. The highest BCUT2D eigenvalue weighted by molar-refractivity contribution is 5.63. The van der Waals surface area contributed by atoms with Crippen molar-refractivity contribution in [3.8, 4) is 11.4 Å². The summed E-state index contributed by atoms with van der Waals surface area (Å²) in [6, 6.07) is 10.3. The molecule has 2 aromatic rings. The Morgan fingerprint density at radius 1 is 1.00 bits per heavy atom. The van der Waals surface area contributed by atoms with Crippen molar-refractivity contribution in [2.45, 2.75) is 43.9 Å². The number of aliphatic hydroxyl groups excluding tert-OH is 2. The number of piperidine rings is 1. The van der Waals surface area contributed by atoms with Crippen LogP contribution in [0.25, 0.3) is 11.4 Å². The van der Waals surface area contributed by atoms with E-state index in [9.17, 15) is 10.2 Å². The van der Waals surface area contributed by atoms with E-state index in [0.29, 0.717) is 5.92 Å². The second-order valence-electron chi connectivity index (χ2n) is 9.55. The zero-order valence-electron chi connectivity index (χ0n) is 18.3. The summed E-state index contributed by atoms with van der Waals surface area (Å²) in [4.78, 5) is 15.2. The van der Waals surface area contributed by atoms with E-state index in [1.807, 2.05) is 6.07 Å². The van der Waals surface area contributed by atoms with Gasteiger partial charge in [0, 0.05) is 55.3 Å². The molecule has 2 fully saturated rings. The minimum Gasteiger partial charge on any atom is -0.396 e. The van der Waals surface area contributed by atoms with Gasteiger partial charge in [-0.3, -0.25) is 0 Å². The van der Waals surface area contributed by atoms with E-state index >= 15 is 0 Å². The van der Waals surface area contributed by atoms with Crippen LogP contribution in [0.15, 0.2) is 30.3 Å². The van der Waals surface area contributed by atoms with Crippen molar-refractivity contribution in [2.75, 3.05) is 50.8 Å². The molecule has 5 rings (SSSR count). The van der Waals surface area contributed by atoms with Gasteiger partial charge in [0.05, 0.1) is 5.69 Å². The number of fused-ring (bicyclic) bond motifs is 2. The first-order valence-electron chi connectivity index (χ1n) is 11.9. The lowest BCUT2D eigenvalue weighted by atomic mass is 9.76. The van der Waals surface area contributed by atoms with Crippen molar-refractivity contribution in [3.63, 3.8) is 0 Å². The van der Waals surface area contributed by atoms with Crippen LogP contribution in [0, 0.1) is 5.92 Å². The molecule has 6 nitrogen and oxygen atoms in total. The molecule has 3 aliphatic rings. The lowest BCUT2D eigenvalue weighted by Gasteiger charge is -2.39. The van der Waals surface area contributed by atoms with Crippen molar-refractivity contribution in [2.24, 2.45) is 5.92 Å². The smallest absolute Gasteiger partial charge is 0.161 e. The van der Waals surface area contributed by atoms with Gasteiger partial charge >= 0.3 is 0 Å². The van der Waals surface area contributed by atoms with Gasteiger partial charge < -0.3 is 20.0 Å². The molecule has 2 N–H and O–H groups in total. The summed E-state index contributed by atoms with van der Waals surface area (Å²) in [5, 5.41) is 18.8. The predicted octanol–water partition coefficient (Wildman–Crippen LogP) is 2.62. The van der Waals surface area contributed by atoms with Gasteiger partial charge in [0.25, 0.3) is 0 Å². The SMILES string of the molecule is OCCCN1CCC2(CCc3c(N4CCC(CO)C4)nc(-c4ccccc4)nc32)CC1. The number of nitrogens with zero attached hydrogens (tertiary/aromatic N) is 4. The number of aliphatic hydroxyl groups is 2. The number of likely N-dealkylation sites (tertiary alicyclic amines) is 1. The van der Waals surface area contributed by atoms with Crippen LogP contribution in [0.1, 0.15) is 43.4 Å². The molecule has 1 aromatic heterocycles. The van der Waals surface area contributed by atoms with Gasteiger partial charge in [-0.2, -0.15) is 0 Å². The van der Waals surface area contributed by atoms with E-state index < -0.39 is 0 Å². The quantitative estimate of drug-likeness (QED) is 0.746. The number of hydrogen-bond donors (Lipinski definition) is 2. The van der Waals surface area contributed by atoms with Crippen molar-refractivity contribution in [3.05, 3.63) is 41.6 Å². The fourth-order valence-corrected chi connectivity index (χ4v) is 5.76. The van der Waals surface area contributed by atoms with Crippen molar-refractivity contribution < 1.29 is 10.2 Å². The molecule has 0 radical (unpaired) electrons. The first-order chi connectivity index (χ1) is 15.2. The average molecular weight is 423 g/mol. The van der Waals surface area contributed by atoms with Gasteiger partial charge in [0.15, 0.2) is 5.82 Å². The highest BCUT2D eigenvalue weighted by Gasteiger charge is 2.45. The van der Waals surface area contributed by atoms with Gasteiger partial charge in [0.1, 0.15) is 5.82 Å². The number of aromatic nitrogens is 2. The predicted molar refractivity (Wildman–Crippen MR) is 122 cm³/mol. The molecule has 0 amide bonds. The Labute approximate surface area is 184 Å². The molecular formula is C25H34N4O2. The van der Waals surface area contributed by atoms with Gasteiger partial charge in [0.2, 0.25) is 0 Å². The first kappa shape index (κ1) is 20.9. The molecule has 2 saturated heterocycles. The van der Waals surface area contributed by atoms with E-state index in [2.05, 4.69) is 34.1 Å². The molecule has 6 heteroatoms. The molecule has 31 heavy (non-hydrogen) atoms. The van der Waals surface area contributed by atoms with E-state index in [4.69, 9.17) is 9.97 Å². The lowest BCUT2D eigenvalue weighted by Crippen LogP contribution is -2.42. The van der Waals surface area contributed by atoms with Crippen molar-refractivity contribution in [1.29, 1.82) is 0 Å². The fraction of sp³-hybridized carbons (Fsp3) is 0.600. The highest BCUT2D eigenvalue weighted by atomic mass is 16.3. The number of rotatable bonds is 6. The Hall–Kier alpha value is -2.02. The van der Waals surface area contributed by atoms with Crippen molar-refractivity contribution >= 4 is 5.82 Å². The molecule has 0 bridgehead atoms. The van der Waals surface area contributed by atoms with Crippen LogP contribution >= 0.6 is 0 Å². The topological polar surface area (TPSA) is 72.7 Å². The fourth-order valence-electron chi connectivity index (χ4n) is 5.76. The molecule has 1 atom stereocenters. The molecule has 3 heterocycles. The standard InChI is InChI=1S/C25H34N4O2/c30-16-4-12-28-14-10-25(11-15-28)9-7-21-22(25)26-23(20-5-2-1-3-6-20)27-24(21)29-13-8-19(17-29)18-31/h1-3,5-6,19,30-31H,4,7-18H2. The summed E-state index contributed by atoms with van der Waals surface area (Å²) in [5.74, 6) is 2.29. The second kappa shape index (κ2) is 8.85. The van der Waals surface area contributed by atoms with Crippen LogP contribution in [0.4, 0.5) is 5.82 Å². The monoisotopic (exact) mass is 422 g/mol. The van der Waals surface area contributed by atoms with E-state index in [1.54, 1.807) is 0 Å². The lowest BCUT2D eigenvalue weighted by molar-refractivity contribution is 0.145. The Bertz CT molecular complexity index is 896. The normalized spacial score (nSPS) is 22.9. The third kappa shape index (κ3) is 3.97. The third-order valence-corrected chi connectivity index (χ3v) is 7.66. The summed E-state index contributed by atoms with van der Waals surface area (Å²) in [7, 11) is 0. The van der Waals surface area contributed by atoms with E-state index in [-0.39, 0.29) is 18.6 Å². The van der Waals surface area contributed by atoms with Gasteiger partial charge in [-0.1, -0.05) is 30.3 Å². The molecular weight excluding hydrogens is 388 g/mol. The summed E-state index contributed by atoms with van der Waals surface area (Å²) in [6.07, 6.45) is 6.37. The molecule has 0 saturated carbocycles. The van der Waals surface area contributed by atoms with E-state index in [0.717, 1.165) is 88.5 Å². The Balaban J connectivity index is 1.50. The molecule has 1 spiro atoms. The Morgan fingerprint density at radius 3 is 2.52 bits per heavy atom. The molecule has 1 aromatic carbocycles. The maximum absolute atomic E-state index is 9.66. The van der Waals surface area contributed by atoms with Gasteiger partial charge in [-0.05, 0) is 51.6 Å².